The van der Waals surface area contributed by atoms with Crippen molar-refractivity contribution in [3.8, 4) is 11.1 Å². The Morgan fingerprint density at radius 2 is 2.02 bits per heavy atom. The van der Waals surface area contributed by atoms with Gasteiger partial charge >= 0.3 is 0 Å². The predicted molar refractivity (Wildman–Crippen MR) is 152 cm³/mol. The summed E-state index contributed by atoms with van der Waals surface area (Å²) < 4.78 is 13.7. The van der Waals surface area contributed by atoms with Gasteiger partial charge in [0.2, 0.25) is 0 Å². The van der Waals surface area contributed by atoms with E-state index in [4.69, 9.17) is 0 Å². The minimum absolute atomic E-state index is 0.00842. The molecule has 2 saturated carbocycles. The maximum atomic E-state index is 13.8. The zero-order valence-corrected chi connectivity index (χ0v) is 22.6. The molecule has 3 atom stereocenters. The second-order valence-electron chi connectivity index (χ2n) is 11.9. The topological polar surface area (TPSA) is 120 Å². The molecule has 7 rings (SSSR count). The number of aliphatic hydroxyl groups excluding tert-OH is 1. The number of hydrogen-bond acceptors (Lipinski definition) is 6. The fourth-order valence-electron chi connectivity index (χ4n) is 6.90. The average molecular weight is 554 g/mol. The normalized spacial score (nSPS) is 24.3. The first-order valence-electron chi connectivity index (χ1n) is 14.4. The Morgan fingerprint density at radius 3 is 2.76 bits per heavy atom. The molecule has 3 aliphatic carbocycles. The zero-order valence-electron chi connectivity index (χ0n) is 22.6. The molecule has 1 aliphatic heterocycles. The summed E-state index contributed by atoms with van der Waals surface area (Å²) >= 11 is 0. The number of aliphatic hydroxyl groups is 1. The van der Waals surface area contributed by atoms with Crippen LogP contribution in [-0.4, -0.2) is 44.6 Å². The Morgan fingerprint density at radius 1 is 1.17 bits per heavy atom. The molecule has 1 amide bonds. The standard InChI is InChI=1S/C32H32FN5O3/c33-21-5-3-4-18(12-21)19-6-7-22(34-16-19)8-9-23-27-25(14-32(15-26(27)40)10-1-2-11-32)35-30-28(23)29(37-38-30)31(41)36-24-13-20(24)17-39/h3-9,12,16,20,23-24,39H,1-2,10-11,13-15,17H2,(H,36,41)(H2,35,37,38)/b9-8+/t20-,23?,24+/m0/s1. The molecule has 1 spiro atoms. The maximum Gasteiger partial charge on any atom is 0.272 e. The van der Waals surface area contributed by atoms with Gasteiger partial charge in [-0.1, -0.05) is 37.1 Å². The van der Waals surface area contributed by atoms with Crippen molar-refractivity contribution < 1.29 is 19.1 Å². The van der Waals surface area contributed by atoms with E-state index in [9.17, 15) is 19.1 Å². The van der Waals surface area contributed by atoms with E-state index in [1.54, 1.807) is 12.3 Å². The summed E-state index contributed by atoms with van der Waals surface area (Å²) in [5.74, 6) is -0.269. The Balaban J connectivity index is 1.23. The highest BCUT2D eigenvalue weighted by molar-refractivity contribution is 6.03. The van der Waals surface area contributed by atoms with Crippen LogP contribution in [0.1, 0.15) is 72.6 Å². The molecule has 8 nitrogen and oxygen atoms in total. The summed E-state index contributed by atoms with van der Waals surface area (Å²) in [7, 11) is 0. The van der Waals surface area contributed by atoms with Crippen molar-refractivity contribution in [2.75, 3.05) is 11.9 Å². The number of amides is 1. The Hall–Kier alpha value is -4.11. The van der Waals surface area contributed by atoms with Gasteiger partial charge < -0.3 is 15.7 Å². The van der Waals surface area contributed by atoms with E-state index in [1.807, 2.05) is 30.4 Å². The van der Waals surface area contributed by atoms with E-state index >= 15 is 0 Å². The van der Waals surface area contributed by atoms with Crippen LogP contribution in [0.4, 0.5) is 10.2 Å². The third-order valence-corrected chi connectivity index (χ3v) is 9.17. The molecule has 4 N–H and O–H groups in total. The van der Waals surface area contributed by atoms with Crippen molar-refractivity contribution in [3.05, 3.63) is 82.7 Å². The number of pyridine rings is 1. The number of hydrogen-bond donors (Lipinski definition) is 4. The van der Waals surface area contributed by atoms with Gasteiger partial charge in [-0.3, -0.25) is 19.7 Å². The number of nitrogens with zero attached hydrogens (tertiary/aromatic N) is 2. The van der Waals surface area contributed by atoms with Crippen molar-refractivity contribution >= 4 is 23.6 Å². The van der Waals surface area contributed by atoms with Crippen molar-refractivity contribution in [2.24, 2.45) is 11.3 Å². The highest BCUT2D eigenvalue weighted by Gasteiger charge is 2.47. The summed E-state index contributed by atoms with van der Waals surface area (Å²) in [4.78, 5) is 31.6. The Bertz CT molecular complexity index is 1580. The summed E-state index contributed by atoms with van der Waals surface area (Å²) in [5.41, 5.74) is 4.74. The number of aromatic amines is 1. The molecule has 3 heterocycles. The number of carbonyl (C=O) groups excluding carboxylic acids is 2. The molecular weight excluding hydrogens is 521 g/mol. The number of fused-ring (bicyclic) bond motifs is 1. The Kier molecular flexibility index (Phi) is 6.34. The molecule has 2 fully saturated rings. The minimum Gasteiger partial charge on any atom is -0.396 e. The van der Waals surface area contributed by atoms with Crippen LogP contribution in [0.15, 0.2) is 59.9 Å². The smallest absolute Gasteiger partial charge is 0.272 e. The molecule has 210 valence electrons. The van der Waals surface area contributed by atoms with Crippen LogP contribution in [0.3, 0.4) is 0 Å². The first-order valence-corrected chi connectivity index (χ1v) is 14.4. The van der Waals surface area contributed by atoms with Crippen LogP contribution in [0.25, 0.3) is 17.2 Å². The number of halogens is 1. The summed E-state index contributed by atoms with van der Waals surface area (Å²) in [5, 5.41) is 23.2. The lowest BCUT2D eigenvalue weighted by Gasteiger charge is -2.39. The molecule has 0 radical (unpaired) electrons. The van der Waals surface area contributed by atoms with E-state index in [2.05, 4.69) is 25.8 Å². The van der Waals surface area contributed by atoms with Crippen LogP contribution in [-0.2, 0) is 4.79 Å². The van der Waals surface area contributed by atoms with Gasteiger partial charge in [0.15, 0.2) is 11.5 Å². The summed E-state index contributed by atoms with van der Waals surface area (Å²) in [6, 6.07) is 10.1. The minimum atomic E-state index is -0.468. The highest BCUT2D eigenvalue weighted by Crippen LogP contribution is 2.53. The number of aromatic nitrogens is 3. The van der Waals surface area contributed by atoms with Crippen LogP contribution in [0.5, 0.6) is 0 Å². The third-order valence-electron chi connectivity index (χ3n) is 9.17. The fraction of sp³-hybridized carbons (Fsp3) is 0.375. The number of benzene rings is 1. The monoisotopic (exact) mass is 553 g/mol. The van der Waals surface area contributed by atoms with Gasteiger partial charge in [-0.15, -0.1) is 0 Å². The van der Waals surface area contributed by atoms with Crippen molar-refractivity contribution in [2.45, 2.75) is 56.9 Å². The lowest BCUT2D eigenvalue weighted by molar-refractivity contribution is -0.118. The number of rotatable bonds is 6. The molecule has 1 aromatic carbocycles. The molecule has 1 unspecified atom stereocenters. The van der Waals surface area contributed by atoms with Crippen LogP contribution >= 0.6 is 0 Å². The van der Waals surface area contributed by atoms with Crippen LogP contribution < -0.4 is 10.6 Å². The number of allylic oxidation sites excluding steroid dienone is 3. The van der Waals surface area contributed by atoms with E-state index in [0.29, 0.717) is 29.1 Å². The third kappa shape index (κ3) is 4.78. The fourth-order valence-corrected chi connectivity index (χ4v) is 6.90. The number of nitrogens with one attached hydrogen (secondary N) is 3. The number of carbonyl (C=O) groups is 2. The molecule has 4 aliphatic rings. The average Bonchev–Trinajstić information content (AvgIpc) is 3.34. The first kappa shape index (κ1) is 25.8. The number of H-pyrrole nitrogens is 1. The van der Waals surface area contributed by atoms with Gasteiger partial charge in [0.1, 0.15) is 11.6 Å². The molecular formula is C32H32FN5O3. The van der Waals surface area contributed by atoms with E-state index in [1.165, 1.54) is 12.1 Å². The number of ketones is 1. The summed E-state index contributed by atoms with van der Waals surface area (Å²) in [6.07, 6.45) is 12.0. The van der Waals surface area contributed by atoms with E-state index < -0.39 is 5.92 Å². The van der Waals surface area contributed by atoms with E-state index in [0.717, 1.165) is 55.3 Å². The van der Waals surface area contributed by atoms with Gasteiger partial charge in [0.05, 0.1) is 5.69 Å². The first-order chi connectivity index (χ1) is 19.9. The van der Waals surface area contributed by atoms with Gasteiger partial charge in [-0.2, -0.15) is 5.10 Å². The van der Waals surface area contributed by atoms with Crippen LogP contribution in [0.2, 0.25) is 0 Å². The quantitative estimate of drug-likeness (QED) is 0.336. The molecule has 3 aromatic rings. The zero-order chi connectivity index (χ0) is 28.1. The lowest BCUT2D eigenvalue weighted by Crippen LogP contribution is -2.35. The largest absolute Gasteiger partial charge is 0.396 e. The molecule has 9 heteroatoms. The molecule has 2 aromatic heterocycles. The van der Waals surface area contributed by atoms with Crippen molar-refractivity contribution in [3.63, 3.8) is 0 Å². The SMILES string of the molecule is O=C1CC2(CCCC2)CC2=C1C(/C=C/c1ccc(-c3cccc(F)c3)cn1)c1c(C(=O)N[C@@H]3C[C@H]3CO)n[nH]c1N2. The van der Waals surface area contributed by atoms with Crippen molar-refractivity contribution in [1.82, 2.24) is 20.5 Å². The molecule has 0 saturated heterocycles. The van der Waals surface area contributed by atoms with Crippen molar-refractivity contribution in [1.29, 1.82) is 0 Å². The predicted octanol–water partition coefficient (Wildman–Crippen LogP) is 5.12. The summed E-state index contributed by atoms with van der Waals surface area (Å²) in [6.45, 7) is 0.0358. The number of Topliss-reactive ketones (excluding diaryl/α,β-unsaturated/α-hetero) is 1. The van der Waals surface area contributed by atoms with Gasteiger partial charge in [-0.05, 0) is 60.9 Å². The molecule has 41 heavy (non-hydrogen) atoms. The molecule has 0 bridgehead atoms. The lowest BCUT2D eigenvalue weighted by atomic mass is 9.67. The second-order valence-corrected chi connectivity index (χ2v) is 11.9. The Labute approximate surface area is 237 Å². The van der Waals surface area contributed by atoms with Gasteiger partial charge in [-0.25, -0.2) is 4.39 Å². The number of anilines is 1. The van der Waals surface area contributed by atoms with Gasteiger partial charge in [0, 0.05) is 59.5 Å². The maximum absolute atomic E-state index is 13.8. The van der Waals surface area contributed by atoms with Crippen LogP contribution in [0, 0.1) is 17.2 Å². The van der Waals surface area contributed by atoms with Gasteiger partial charge in [0.25, 0.3) is 5.91 Å². The highest BCUT2D eigenvalue weighted by atomic mass is 19.1. The van der Waals surface area contributed by atoms with E-state index in [-0.39, 0.29) is 47.2 Å². The second kappa shape index (κ2) is 10.1.